The van der Waals surface area contributed by atoms with Gasteiger partial charge in [0.05, 0.1) is 28.1 Å². The van der Waals surface area contributed by atoms with Gasteiger partial charge in [0.1, 0.15) is 5.82 Å². The molecule has 0 saturated heterocycles. The molecule has 5 heterocycles. The van der Waals surface area contributed by atoms with E-state index in [-0.39, 0.29) is 6.04 Å². The third-order valence-corrected chi connectivity index (χ3v) is 14.7. The van der Waals surface area contributed by atoms with Gasteiger partial charge in [-0.25, -0.2) is 0 Å². The zero-order chi connectivity index (χ0) is 39.9. The van der Waals surface area contributed by atoms with Gasteiger partial charge in [-0.05, 0) is 78.7 Å². The summed E-state index contributed by atoms with van der Waals surface area (Å²) in [7, 11) is 2.25. The van der Waals surface area contributed by atoms with Gasteiger partial charge in [-0.1, -0.05) is 134 Å². The first-order valence-electron chi connectivity index (χ1n) is 20.6. The maximum Gasteiger partial charge on any atom is 0.114 e. The van der Waals surface area contributed by atoms with E-state index in [1.165, 1.54) is 95.1 Å². The fraction of sp³-hybridized carbons (Fsp3) is 0.0545. The maximum atomic E-state index is 2.51. The van der Waals surface area contributed by atoms with Gasteiger partial charge in [-0.2, -0.15) is 0 Å². The van der Waals surface area contributed by atoms with Gasteiger partial charge in [0.25, 0.3) is 0 Å². The number of para-hydroxylation sites is 2. The summed E-state index contributed by atoms with van der Waals surface area (Å²) in [6.07, 6.45) is 17.9. The van der Waals surface area contributed by atoms with Crippen LogP contribution >= 0.6 is 22.7 Å². The molecular formula is C55H39N3S2. The van der Waals surface area contributed by atoms with Gasteiger partial charge in [0.2, 0.25) is 0 Å². The second-order valence-corrected chi connectivity index (χ2v) is 17.8. The molecule has 3 nitrogen and oxygen atoms in total. The highest BCUT2D eigenvalue weighted by Crippen LogP contribution is 2.44. The summed E-state index contributed by atoms with van der Waals surface area (Å²) in [5, 5.41) is 10.3. The quantitative estimate of drug-likeness (QED) is 0.153. The molecule has 60 heavy (non-hydrogen) atoms. The van der Waals surface area contributed by atoms with E-state index in [1.54, 1.807) is 0 Å². The number of likely N-dealkylation sites (N-methyl/N-ethyl adjacent to an activating group) is 1. The van der Waals surface area contributed by atoms with Crippen molar-refractivity contribution in [2.75, 3.05) is 7.05 Å². The second-order valence-electron chi connectivity index (χ2n) is 15.7. The predicted octanol–water partition coefficient (Wildman–Crippen LogP) is 15.8. The molecule has 0 radical (unpaired) electrons. The Morgan fingerprint density at radius 3 is 1.88 bits per heavy atom. The van der Waals surface area contributed by atoms with Crippen LogP contribution in [0.15, 0.2) is 188 Å². The smallest absolute Gasteiger partial charge is 0.114 e. The number of rotatable bonds is 6. The zero-order valence-corrected chi connectivity index (χ0v) is 34.8. The van der Waals surface area contributed by atoms with E-state index in [9.17, 15) is 0 Å². The van der Waals surface area contributed by atoms with Crippen molar-refractivity contribution in [2.45, 2.75) is 13.0 Å². The lowest BCUT2D eigenvalue weighted by Gasteiger charge is -2.34. The fourth-order valence-electron chi connectivity index (χ4n) is 9.61. The monoisotopic (exact) mass is 805 g/mol. The number of benzene rings is 7. The summed E-state index contributed by atoms with van der Waals surface area (Å²) < 4.78 is 10.3. The molecule has 1 unspecified atom stereocenters. The SMILES string of the molecule is C\C=C(/C=C\C=C\c1ccc2sc3ccccc3c2c1)n1c2ccccc2c2ccc3c4ccccc4n(C4=CC=CC(c5ccc6sc7ccccc7c6c5)N4C)c3c21. The van der Waals surface area contributed by atoms with E-state index in [1.807, 2.05) is 22.7 Å². The van der Waals surface area contributed by atoms with E-state index in [0.29, 0.717) is 0 Å². The molecule has 0 saturated carbocycles. The molecule has 7 aromatic carbocycles. The lowest BCUT2D eigenvalue weighted by atomic mass is 10.0. The third-order valence-electron chi connectivity index (χ3n) is 12.4. The topological polar surface area (TPSA) is 13.1 Å². The van der Waals surface area contributed by atoms with Crippen LogP contribution < -0.4 is 0 Å². The Bertz CT molecular complexity index is 3710. The molecule has 0 aliphatic carbocycles. The maximum absolute atomic E-state index is 2.51. The minimum atomic E-state index is 0.0642. The fourth-order valence-corrected chi connectivity index (χ4v) is 11.8. The molecule has 0 fully saturated rings. The van der Waals surface area contributed by atoms with E-state index >= 15 is 0 Å². The first-order chi connectivity index (χ1) is 29.6. The second kappa shape index (κ2) is 13.8. The highest BCUT2D eigenvalue weighted by atomic mass is 32.1. The summed E-state index contributed by atoms with van der Waals surface area (Å²) in [4.78, 5) is 2.45. The van der Waals surface area contributed by atoms with Crippen molar-refractivity contribution in [3.05, 3.63) is 199 Å². The third kappa shape index (κ3) is 5.33. The van der Waals surface area contributed by atoms with Crippen LogP contribution in [0.3, 0.4) is 0 Å². The highest BCUT2D eigenvalue weighted by molar-refractivity contribution is 7.26. The summed E-state index contributed by atoms with van der Waals surface area (Å²) >= 11 is 3.73. The molecule has 0 bridgehead atoms. The molecule has 5 heteroatoms. The van der Waals surface area contributed by atoms with Crippen molar-refractivity contribution in [2.24, 2.45) is 0 Å². The molecule has 11 aromatic rings. The molecule has 12 rings (SSSR count). The van der Waals surface area contributed by atoms with Gasteiger partial charge in [0.15, 0.2) is 0 Å². The Labute approximate surface area is 355 Å². The van der Waals surface area contributed by atoms with Crippen LogP contribution in [0, 0.1) is 0 Å². The van der Waals surface area contributed by atoms with Crippen LogP contribution in [-0.4, -0.2) is 21.1 Å². The summed E-state index contributed by atoms with van der Waals surface area (Å²) in [6, 6.07) is 53.7. The number of fused-ring (bicyclic) bond motifs is 13. The van der Waals surface area contributed by atoms with Crippen LogP contribution in [0.1, 0.15) is 24.1 Å². The van der Waals surface area contributed by atoms with Crippen molar-refractivity contribution in [3.8, 4) is 0 Å². The molecule has 0 spiro atoms. The van der Waals surface area contributed by atoms with Crippen molar-refractivity contribution in [1.82, 2.24) is 14.0 Å². The van der Waals surface area contributed by atoms with Gasteiger partial charge < -0.3 is 9.47 Å². The van der Waals surface area contributed by atoms with Gasteiger partial charge in [-0.15, -0.1) is 22.7 Å². The van der Waals surface area contributed by atoms with Crippen LogP contribution in [-0.2, 0) is 0 Å². The Morgan fingerprint density at radius 1 is 0.550 bits per heavy atom. The van der Waals surface area contributed by atoms with Gasteiger partial charge in [0, 0.05) is 74.6 Å². The van der Waals surface area contributed by atoms with Gasteiger partial charge >= 0.3 is 0 Å². The number of thiophene rings is 2. The van der Waals surface area contributed by atoms with E-state index in [2.05, 4.69) is 222 Å². The summed E-state index contributed by atoms with van der Waals surface area (Å²) in [5.74, 6) is 1.14. The molecule has 286 valence electrons. The van der Waals surface area contributed by atoms with E-state index in [4.69, 9.17) is 0 Å². The normalized spacial score (nSPS) is 15.3. The first kappa shape index (κ1) is 35.1. The minimum absolute atomic E-state index is 0.0642. The molecule has 1 atom stereocenters. The van der Waals surface area contributed by atoms with E-state index < -0.39 is 0 Å². The lowest BCUT2D eigenvalue weighted by Crippen LogP contribution is -2.26. The Morgan fingerprint density at radius 2 is 1.15 bits per heavy atom. The van der Waals surface area contributed by atoms with E-state index in [0.717, 1.165) is 11.5 Å². The van der Waals surface area contributed by atoms with Crippen LogP contribution in [0.25, 0.3) is 102 Å². The highest BCUT2D eigenvalue weighted by Gasteiger charge is 2.27. The Hall–Kier alpha value is -6.92. The Kier molecular flexibility index (Phi) is 8.09. The van der Waals surface area contributed by atoms with Crippen molar-refractivity contribution in [1.29, 1.82) is 0 Å². The Balaban J connectivity index is 1.00. The average molecular weight is 806 g/mol. The molecular weight excluding hydrogens is 767 g/mol. The molecule has 0 amide bonds. The minimum Gasteiger partial charge on any atom is -0.350 e. The van der Waals surface area contributed by atoms with Crippen LogP contribution in [0.2, 0.25) is 0 Å². The van der Waals surface area contributed by atoms with Crippen molar-refractivity contribution < 1.29 is 0 Å². The average Bonchev–Trinajstić information content (AvgIpc) is 4.04. The van der Waals surface area contributed by atoms with Crippen LogP contribution in [0.4, 0.5) is 0 Å². The molecule has 4 aromatic heterocycles. The molecule has 1 aliphatic rings. The number of nitrogens with zero attached hydrogens (tertiary/aromatic N) is 3. The molecule has 1 aliphatic heterocycles. The lowest BCUT2D eigenvalue weighted by molar-refractivity contribution is 0.396. The number of hydrogen-bond donors (Lipinski definition) is 0. The standard InChI is InChI=1S/C55H39N3S2/c1-3-37(16-5-4-15-35-27-31-51-44(33-35)40-19-8-12-24-49(40)59-51)57-47-21-10-6-17-38(47)42-29-30-43-39-18-7-11-22-48(39)58(55(43)54(42)57)53-26-14-23-46(56(53)2)36-28-32-52-45(34-36)41-20-9-13-25-50(41)60-52/h3-34,46H,1-2H3/b15-4+,16-5-,37-3+. The van der Waals surface area contributed by atoms with Gasteiger partial charge in [-0.3, -0.25) is 4.57 Å². The van der Waals surface area contributed by atoms with Crippen molar-refractivity contribution >= 4 is 124 Å². The summed E-state index contributed by atoms with van der Waals surface area (Å²) in [6.45, 7) is 2.15. The zero-order valence-electron chi connectivity index (χ0n) is 33.2. The predicted molar refractivity (Wildman–Crippen MR) is 263 cm³/mol. The largest absolute Gasteiger partial charge is 0.350 e. The van der Waals surface area contributed by atoms with Crippen molar-refractivity contribution in [3.63, 3.8) is 0 Å². The first-order valence-corrected chi connectivity index (χ1v) is 22.2. The summed E-state index contributed by atoms with van der Waals surface area (Å²) in [5.41, 5.74) is 8.39. The van der Waals surface area contributed by atoms with Crippen LogP contribution in [0.5, 0.6) is 0 Å². The number of hydrogen-bond acceptors (Lipinski definition) is 3. The number of allylic oxidation sites excluding steroid dienone is 7. The number of aromatic nitrogens is 2. The molecule has 0 N–H and O–H groups in total.